The van der Waals surface area contributed by atoms with E-state index in [4.69, 9.17) is 9.56 Å². The van der Waals surface area contributed by atoms with Gasteiger partial charge in [-0.15, -0.1) is 0 Å². The normalized spacial score (nSPS) is 14.0. The Kier molecular flexibility index (Phi) is 3.86. The first kappa shape index (κ1) is 16.8. The van der Waals surface area contributed by atoms with E-state index in [0.717, 1.165) is 40.7 Å². The number of hydrogen-bond acceptors (Lipinski definition) is 5. The highest BCUT2D eigenvalue weighted by Crippen LogP contribution is 2.32. The van der Waals surface area contributed by atoms with E-state index in [1.54, 1.807) is 12.1 Å². The van der Waals surface area contributed by atoms with Gasteiger partial charge in [0.15, 0.2) is 0 Å². The second-order valence-corrected chi connectivity index (χ2v) is 8.16. The number of primary sulfonamides is 1. The topological polar surface area (TPSA) is 93.6 Å². The molecule has 0 spiro atoms. The summed E-state index contributed by atoms with van der Waals surface area (Å²) in [5.74, 6) is 0. The zero-order valence-electron chi connectivity index (χ0n) is 14.2. The number of benzene rings is 2. The predicted molar refractivity (Wildman–Crippen MR) is 99.8 cm³/mol. The van der Waals surface area contributed by atoms with Crippen LogP contribution in [0.25, 0.3) is 11.0 Å². The number of aryl methyl sites for hydroxylation is 1. The van der Waals surface area contributed by atoms with Crippen molar-refractivity contribution in [3.63, 3.8) is 0 Å². The Morgan fingerprint density at radius 1 is 1.15 bits per heavy atom. The largest absolute Gasteiger partial charge is 0.423 e. The zero-order valence-corrected chi connectivity index (χ0v) is 15.0. The van der Waals surface area contributed by atoms with Crippen LogP contribution in [0.1, 0.15) is 16.7 Å². The molecule has 2 aromatic carbocycles. The molecule has 26 heavy (non-hydrogen) atoms. The minimum Gasteiger partial charge on any atom is -0.423 e. The van der Waals surface area contributed by atoms with Crippen LogP contribution in [0.3, 0.4) is 0 Å². The molecule has 0 saturated carbocycles. The van der Waals surface area contributed by atoms with Gasteiger partial charge in [-0.1, -0.05) is 12.1 Å². The molecule has 0 saturated heterocycles. The predicted octanol–water partition coefficient (Wildman–Crippen LogP) is 2.31. The van der Waals surface area contributed by atoms with Gasteiger partial charge in [0.2, 0.25) is 10.0 Å². The molecule has 4 rings (SSSR count). The summed E-state index contributed by atoms with van der Waals surface area (Å²) in [7, 11) is -3.71. The van der Waals surface area contributed by atoms with Crippen molar-refractivity contribution in [1.82, 2.24) is 0 Å². The lowest BCUT2D eigenvalue weighted by atomic mass is 10.1. The number of anilines is 1. The van der Waals surface area contributed by atoms with Crippen LogP contribution >= 0.6 is 0 Å². The average Bonchev–Trinajstić information content (AvgIpc) is 2.96. The number of nitrogens with two attached hydrogens (primary N) is 1. The maximum atomic E-state index is 11.9. The molecular formula is C19H18N2O4S. The van der Waals surface area contributed by atoms with Crippen molar-refractivity contribution in [2.75, 3.05) is 11.4 Å². The molecule has 0 atom stereocenters. The van der Waals surface area contributed by atoms with Crippen LogP contribution in [-0.4, -0.2) is 15.0 Å². The minimum atomic E-state index is -3.71. The van der Waals surface area contributed by atoms with Crippen molar-refractivity contribution in [3.05, 3.63) is 69.6 Å². The zero-order chi connectivity index (χ0) is 18.5. The van der Waals surface area contributed by atoms with Crippen molar-refractivity contribution in [1.29, 1.82) is 0 Å². The smallest absolute Gasteiger partial charge is 0.336 e. The molecule has 1 aromatic heterocycles. The quantitative estimate of drug-likeness (QED) is 0.714. The number of rotatable bonds is 3. The van der Waals surface area contributed by atoms with Gasteiger partial charge in [-0.25, -0.2) is 18.4 Å². The third kappa shape index (κ3) is 3.00. The van der Waals surface area contributed by atoms with Gasteiger partial charge in [-0.3, -0.25) is 0 Å². The van der Waals surface area contributed by atoms with Crippen molar-refractivity contribution < 1.29 is 12.8 Å². The van der Waals surface area contributed by atoms with E-state index < -0.39 is 10.0 Å². The van der Waals surface area contributed by atoms with Gasteiger partial charge in [-0.2, -0.15) is 0 Å². The van der Waals surface area contributed by atoms with E-state index in [1.807, 2.05) is 25.1 Å². The Morgan fingerprint density at radius 2 is 1.96 bits per heavy atom. The number of fused-ring (bicyclic) bond motifs is 2. The highest BCUT2D eigenvalue weighted by Gasteiger charge is 2.22. The molecule has 6 nitrogen and oxygen atoms in total. The van der Waals surface area contributed by atoms with Gasteiger partial charge in [0.05, 0.1) is 4.90 Å². The van der Waals surface area contributed by atoms with Gasteiger partial charge in [0, 0.05) is 30.2 Å². The molecule has 0 aliphatic carbocycles. The molecule has 1 aliphatic heterocycles. The standard InChI is InChI=1S/C19H18N2O4S/c1-12-2-4-16-14(10-19(22)25-18(16)8-12)11-21-7-6-13-9-15(26(20,23)24)3-5-17(13)21/h2-5,8-10H,6-7,11H2,1H3,(H2,20,23,24). The van der Waals surface area contributed by atoms with Crippen LogP contribution in [-0.2, 0) is 23.0 Å². The second-order valence-electron chi connectivity index (χ2n) is 6.60. The highest BCUT2D eigenvalue weighted by atomic mass is 32.2. The van der Waals surface area contributed by atoms with Crippen molar-refractivity contribution in [2.45, 2.75) is 24.8 Å². The molecule has 0 amide bonds. The Labute approximate surface area is 150 Å². The summed E-state index contributed by atoms with van der Waals surface area (Å²) in [6.45, 7) is 3.25. The van der Waals surface area contributed by atoms with E-state index in [9.17, 15) is 13.2 Å². The SMILES string of the molecule is Cc1ccc2c(CN3CCc4cc(S(N)(=O)=O)ccc43)cc(=O)oc2c1. The van der Waals surface area contributed by atoms with Crippen LogP contribution in [0.5, 0.6) is 0 Å². The van der Waals surface area contributed by atoms with E-state index in [1.165, 1.54) is 12.1 Å². The lowest BCUT2D eigenvalue weighted by Gasteiger charge is -2.20. The maximum Gasteiger partial charge on any atom is 0.336 e. The van der Waals surface area contributed by atoms with Crippen LogP contribution < -0.4 is 15.7 Å². The van der Waals surface area contributed by atoms with Gasteiger partial charge in [0.1, 0.15) is 5.58 Å². The maximum absolute atomic E-state index is 11.9. The van der Waals surface area contributed by atoms with Gasteiger partial charge in [0.25, 0.3) is 0 Å². The van der Waals surface area contributed by atoms with E-state index in [0.29, 0.717) is 12.1 Å². The molecule has 3 aromatic rings. The number of sulfonamides is 1. The number of nitrogens with zero attached hydrogens (tertiary/aromatic N) is 1. The third-order valence-corrected chi connectivity index (χ3v) is 5.63. The second kappa shape index (κ2) is 5.96. The summed E-state index contributed by atoms with van der Waals surface area (Å²) < 4.78 is 28.4. The number of hydrogen-bond donors (Lipinski definition) is 1. The van der Waals surface area contributed by atoms with E-state index >= 15 is 0 Å². The lowest BCUT2D eigenvalue weighted by Crippen LogP contribution is -2.21. The summed E-state index contributed by atoms with van der Waals surface area (Å²) in [5, 5.41) is 6.12. The van der Waals surface area contributed by atoms with Crippen LogP contribution in [0, 0.1) is 6.92 Å². The molecular weight excluding hydrogens is 352 g/mol. The fourth-order valence-electron chi connectivity index (χ4n) is 3.46. The molecule has 7 heteroatoms. The molecule has 0 bridgehead atoms. The summed E-state index contributed by atoms with van der Waals surface area (Å²) in [4.78, 5) is 14.2. The molecule has 0 fully saturated rings. The lowest BCUT2D eigenvalue weighted by molar-refractivity contribution is 0.558. The summed E-state index contributed by atoms with van der Waals surface area (Å²) in [5.41, 5.74) is 4.03. The van der Waals surface area contributed by atoms with Crippen LogP contribution in [0.4, 0.5) is 5.69 Å². The van der Waals surface area contributed by atoms with E-state index in [-0.39, 0.29) is 10.5 Å². The summed E-state index contributed by atoms with van der Waals surface area (Å²) >= 11 is 0. The average molecular weight is 370 g/mol. The molecule has 2 heterocycles. The summed E-state index contributed by atoms with van der Waals surface area (Å²) in [6, 6.07) is 12.3. The Bertz CT molecular complexity index is 1180. The minimum absolute atomic E-state index is 0.124. The van der Waals surface area contributed by atoms with Crippen molar-refractivity contribution in [3.8, 4) is 0 Å². The summed E-state index contributed by atoms with van der Waals surface area (Å²) in [6.07, 6.45) is 0.733. The van der Waals surface area contributed by atoms with Gasteiger partial charge < -0.3 is 9.32 Å². The van der Waals surface area contributed by atoms with Crippen LogP contribution in [0.15, 0.2) is 56.6 Å². The van der Waals surface area contributed by atoms with Crippen molar-refractivity contribution in [2.24, 2.45) is 5.14 Å². The van der Waals surface area contributed by atoms with Crippen LogP contribution in [0.2, 0.25) is 0 Å². The monoisotopic (exact) mass is 370 g/mol. The fourth-order valence-corrected chi connectivity index (χ4v) is 4.03. The highest BCUT2D eigenvalue weighted by molar-refractivity contribution is 7.89. The van der Waals surface area contributed by atoms with Crippen molar-refractivity contribution >= 4 is 26.7 Å². The first-order valence-electron chi connectivity index (χ1n) is 8.25. The Morgan fingerprint density at radius 3 is 2.73 bits per heavy atom. The molecule has 134 valence electrons. The van der Waals surface area contributed by atoms with E-state index in [2.05, 4.69) is 4.90 Å². The molecule has 0 unspecified atom stereocenters. The third-order valence-electron chi connectivity index (χ3n) is 4.72. The molecule has 2 N–H and O–H groups in total. The van der Waals surface area contributed by atoms with Gasteiger partial charge in [-0.05, 0) is 54.3 Å². The molecule has 0 radical (unpaired) electrons. The first-order chi connectivity index (χ1) is 12.3. The molecule has 1 aliphatic rings. The van der Waals surface area contributed by atoms with Gasteiger partial charge >= 0.3 is 5.63 Å². The fraction of sp³-hybridized carbons (Fsp3) is 0.211. The Hall–Kier alpha value is -2.64. The Balaban J connectivity index is 1.73. The first-order valence-corrected chi connectivity index (χ1v) is 9.80.